The van der Waals surface area contributed by atoms with Crippen molar-refractivity contribution in [2.45, 2.75) is 45.7 Å². The van der Waals surface area contributed by atoms with Gasteiger partial charge in [-0.25, -0.2) is 4.79 Å². The van der Waals surface area contributed by atoms with Crippen LogP contribution in [0.4, 0.5) is 4.79 Å². The summed E-state index contributed by atoms with van der Waals surface area (Å²) < 4.78 is 5.08. The fourth-order valence-electron chi connectivity index (χ4n) is 3.44. The number of halogens is 1. The summed E-state index contributed by atoms with van der Waals surface area (Å²) >= 11 is 0. The number of carbonyl (C=O) groups is 1. The number of carbonyl (C=O) groups excluding carboxylic acids is 1. The first-order chi connectivity index (χ1) is 14.1. The number of nitrogens with one attached hydrogen (secondary N) is 2. The van der Waals surface area contributed by atoms with E-state index in [1.807, 2.05) is 13.0 Å². The zero-order valence-corrected chi connectivity index (χ0v) is 20.9. The van der Waals surface area contributed by atoms with Crippen molar-refractivity contribution in [1.29, 1.82) is 0 Å². The molecule has 2 N–H and O–H groups in total. The lowest BCUT2D eigenvalue weighted by atomic mass is 10.1. The van der Waals surface area contributed by atoms with Gasteiger partial charge >= 0.3 is 6.09 Å². The van der Waals surface area contributed by atoms with Gasteiger partial charge in [0.15, 0.2) is 5.96 Å². The minimum atomic E-state index is -0.203. The normalized spacial score (nSPS) is 14.9. The lowest BCUT2D eigenvalue weighted by molar-refractivity contribution is 0.0963. The van der Waals surface area contributed by atoms with E-state index in [9.17, 15) is 4.79 Å². The molecule has 1 fully saturated rings. The Balaban J connectivity index is 0.00000450. The van der Waals surface area contributed by atoms with Crippen LogP contribution >= 0.6 is 24.0 Å². The van der Waals surface area contributed by atoms with Gasteiger partial charge in [-0.3, -0.25) is 4.99 Å². The van der Waals surface area contributed by atoms with Gasteiger partial charge in [0.05, 0.1) is 6.61 Å². The Kier molecular flexibility index (Phi) is 13.5. The number of piperidine rings is 1. The number of rotatable bonds is 9. The first-order valence-electron chi connectivity index (χ1n) is 10.8. The monoisotopic (exact) mass is 531 g/mol. The molecule has 8 heteroatoms. The van der Waals surface area contributed by atoms with Gasteiger partial charge in [-0.15, -0.1) is 24.0 Å². The molecule has 1 aromatic rings. The number of nitrogens with zero attached hydrogens (tertiary/aromatic N) is 3. The molecule has 0 spiro atoms. The molecule has 1 aliphatic heterocycles. The quantitative estimate of drug-likeness (QED) is 0.222. The van der Waals surface area contributed by atoms with Gasteiger partial charge in [0.2, 0.25) is 0 Å². The second-order valence-electron chi connectivity index (χ2n) is 7.44. The van der Waals surface area contributed by atoms with Gasteiger partial charge in [-0.1, -0.05) is 30.3 Å². The van der Waals surface area contributed by atoms with Gasteiger partial charge in [0.25, 0.3) is 0 Å². The van der Waals surface area contributed by atoms with Crippen molar-refractivity contribution in [3.05, 3.63) is 35.9 Å². The zero-order chi connectivity index (χ0) is 20.9. The molecule has 1 saturated heterocycles. The van der Waals surface area contributed by atoms with Crippen LogP contribution in [0, 0.1) is 0 Å². The lowest BCUT2D eigenvalue weighted by Crippen LogP contribution is -2.50. The van der Waals surface area contributed by atoms with E-state index >= 15 is 0 Å². The van der Waals surface area contributed by atoms with Gasteiger partial charge in [-0.2, -0.15) is 0 Å². The second kappa shape index (κ2) is 15.3. The van der Waals surface area contributed by atoms with Crippen LogP contribution < -0.4 is 10.6 Å². The van der Waals surface area contributed by atoms with E-state index in [0.29, 0.717) is 12.6 Å². The zero-order valence-electron chi connectivity index (χ0n) is 18.6. The van der Waals surface area contributed by atoms with E-state index in [4.69, 9.17) is 9.73 Å². The van der Waals surface area contributed by atoms with Crippen molar-refractivity contribution >= 4 is 36.0 Å². The molecular formula is C22H38IN5O2. The minimum absolute atomic E-state index is 0. The average molecular weight is 531 g/mol. The van der Waals surface area contributed by atoms with Crippen molar-refractivity contribution in [2.75, 3.05) is 46.4 Å². The van der Waals surface area contributed by atoms with Crippen LogP contribution in [0.5, 0.6) is 0 Å². The summed E-state index contributed by atoms with van der Waals surface area (Å²) in [6.45, 7) is 9.38. The smallest absolute Gasteiger partial charge is 0.409 e. The van der Waals surface area contributed by atoms with Crippen LogP contribution in [0.1, 0.15) is 38.7 Å². The highest BCUT2D eigenvalue weighted by molar-refractivity contribution is 14.0. The van der Waals surface area contributed by atoms with Gasteiger partial charge in [-0.05, 0) is 52.3 Å². The van der Waals surface area contributed by atoms with Crippen molar-refractivity contribution in [3.8, 4) is 0 Å². The molecular weight excluding hydrogens is 493 g/mol. The highest BCUT2D eigenvalue weighted by Gasteiger charge is 2.23. The maximum atomic E-state index is 11.8. The summed E-state index contributed by atoms with van der Waals surface area (Å²) in [5.41, 5.74) is 1.34. The number of hydrogen-bond donors (Lipinski definition) is 2. The maximum Gasteiger partial charge on any atom is 0.409 e. The molecule has 1 heterocycles. The van der Waals surface area contributed by atoms with Gasteiger partial charge < -0.3 is 25.2 Å². The molecule has 0 aliphatic carbocycles. The van der Waals surface area contributed by atoms with Crippen molar-refractivity contribution in [1.82, 2.24) is 20.4 Å². The Bertz CT molecular complexity index is 621. The standard InChI is InChI=1S/C22H37N5O2.HI/c1-4-23-21(25-20-12-16-27(17-13-20)22(28)29-5-2)24-14-9-15-26(3)18-19-10-7-6-8-11-19;/h6-8,10-11,20H,4-5,9,12-18H2,1-3H3,(H2,23,24,25);1H. The molecule has 2 rings (SSSR count). The van der Waals surface area contributed by atoms with Crippen LogP contribution in [-0.2, 0) is 11.3 Å². The number of aliphatic imine (C=N–C) groups is 1. The molecule has 0 atom stereocenters. The van der Waals surface area contributed by atoms with Crippen LogP contribution in [0.25, 0.3) is 0 Å². The maximum absolute atomic E-state index is 11.8. The largest absolute Gasteiger partial charge is 0.450 e. The molecule has 0 bridgehead atoms. The Morgan fingerprint density at radius 3 is 2.57 bits per heavy atom. The summed E-state index contributed by atoms with van der Waals surface area (Å²) in [5, 5.41) is 6.86. The highest BCUT2D eigenvalue weighted by Crippen LogP contribution is 2.11. The first-order valence-corrected chi connectivity index (χ1v) is 10.8. The van der Waals surface area contributed by atoms with E-state index < -0.39 is 0 Å². The van der Waals surface area contributed by atoms with E-state index in [-0.39, 0.29) is 30.1 Å². The SMILES string of the molecule is CCNC(=NCCCN(C)Cc1ccccc1)NC1CCN(C(=O)OCC)CC1.I. The number of hydrogen-bond acceptors (Lipinski definition) is 4. The predicted octanol–water partition coefficient (Wildman–Crippen LogP) is 3.30. The lowest BCUT2D eigenvalue weighted by Gasteiger charge is -2.32. The van der Waals surface area contributed by atoms with Crippen LogP contribution in [0.15, 0.2) is 35.3 Å². The Morgan fingerprint density at radius 1 is 1.23 bits per heavy atom. The van der Waals surface area contributed by atoms with E-state index in [2.05, 4.69) is 53.8 Å². The molecule has 0 saturated carbocycles. The molecule has 0 unspecified atom stereocenters. The Labute approximate surface area is 198 Å². The fraction of sp³-hybridized carbons (Fsp3) is 0.636. The summed E-state index contributed by atoms with van der Waals surface area (Å²) in [7, 11) is 2.15. The first kappa shape index (κ1) is 26.5. The second-order valence-corrected chi connectivity index (χ2v) is 7.44. The van der Waals surface area contributed by atoms with Crippen molar-refractivity contribution in [3.63, 3.8) is 0 Å². The summed E-state index contributed by atoms with van der Waals surface area (Å²) in [6, 6.07) is 10.9. The van der Waals surface area contributed by atoms with Crippen molar-refractivity contribution in [2.24, 2.45) is 4.99 Å². The summed E-state index contributed by atoms with van der Waals surface area (Å²) in [4.78, 5) is 20.7. The van der Waals surface area contributed by atoms with Crippen LogP contribution in [0.2, 0.25) is 0 Å². The minimum Gasteiger partial charge on any atom is -0.450 e. The molecule has 1 amide bonds. The van der Waals surface area contributed by atoms with Gasteiger partial charge in [0.1, 0.15) is 0 Å². The fourth-order valence-corrected chi connectivity index (χ4v) is 3.44. The Morgan fingerprint density at radius 2 is 1.93 bits per heavy atom. The third-order valence-corrected chi connectivity index (χ3v) is 4.97. The number of amides is 1. The highest BCUT2D eigenvalue weighted by atomic mass is 127. The Hall–Kier alpha value is -1.55. The average Bonchev–Trinajstić information content (AvgIpc) is 2.73. The van der Waals surface area contributed by atoms with Gasteiger partial charge in [0, 0.05) is 38.8 Å². The molecule has 170 valence electrons. The molecule has 0 aromatic heterocycles. The molecule has 1 aromatic carbocycles. The predicted molar refractivity (Wildman–Crippen MR) is 134 cm³/mol. The third-order valence-electron chi connectivity index (χ3n) is 4.97. The van der Waals surface area contributed by atoms with E-state index in [0.717, 1.165) is 64.5 Å². The number of ether oxygens (including phenoxy) is 1. The van der Waals surface area contributed by atoms with Crippen LogP contribution in [0.3, 0.4) is 0 Å². The molecule has 7 nitrogen and oxygen atoms in total. The molecule has 0 radical (unpaired) electrons. The number of benzene rings is 1. The third kappa shape index (κ3) is 9.97. The molecule has 1 aliphatic rings. The number of likely N-dealkylation sites (tertiary alicyclic amines) is 1. The topological polar surface area (TPSA) is 69.2 Å². The number of guanidine groups is 1. The summed E-state index contributed by atoms with van der Waals surface area (Å²) in [5.74, 6) is 0.868. The molecule has 30 heavy (non-hydrogen) atoms. The summed E-state index contributed by atoms with van der Waals surface area (Å²) in [6.07, 6.45) is 2.62. The van der Waals surface area contributed by atoms with E-state index in [1.165, 1.54) is 5.56 Å². The van der Waals surface area contributed by atoms with E-state index in [1.54, 1.807) is 4.90 Å². The van der Waals surface area contributed by atoms with Crippen molar-refractivity contribution < 1.29 is 9.53 Å². The van der Waals surface area contributed by atoms with Crippen LogP contribution in [-0.4, -0.2) is 74.3 Å².